The summed E-state index contributed by atoms with van der Waals surface area (Å²) in [5, 5.41) is 3.33. The van der Waals surface area contributed by atoms with Crippen molar-refractivity contribution in [2.24, 2.45) is 0 Å². The van der Waals surface area contributed by atoms with Crippen LogP contribution in [0.25, 0.3) is 0 Å². The van der Waals surface area contributed by atoms with Crippen LogP contribution in [0.2, 0.25) is 0 Å². The quantitative estimate of drug-likeness (QED) is 0.713. The van der Waals surface area contributed by atoms with Crippen LogP contribution in [0.1, 0.15) is 25.5 Å². The van der Waals surface area contributed by atoms with E-state index in [9.17, 15) is 0 Å². The highest BCUT2D eigenvalue weighted by Gasteiger charge is 1.97. The van der Waals surface area contributed by atoms with E-state index in [1.807, 2.05) is 29.2 Å². The van der Waals surface area contributed by atoms with Gasteiger partial charge in [-0.2, -0.15) is 0 Å². The number of ether oxygens (including phenoxy) is 1. The highest BCUT2D eigenvalue weighted by Crippen LogP contribution is 2.09. The second-order valence-electron chi connectivity index (χ2n) is 4.66. The molecule has 5 nitrogen and oxygen atoms in total. The minimum absolute atomic E-state index is 0.688. The predicted octanol–water partition coefficient (Wildman–Crippen LogP) is 2.25. The van der Waals surface area contributed by atoms with Crippen molar-refractivity contribution >= 4 is 0 Å². The molecule has 0 aliphatic carbocycles. The molecule has 0 spiro atoms. The van der Waals surface area contributed by atoms with Crippen molar-refractivity contribution in [3.8, 4) is 5.75 Å². The van der Waals surface area contributed by atoms with Crippen molar-refractivity contribution in [1.29, 1.82) is 0 Å². The third-order valence-corrected chi connectivity index (χ3v) is 2.92. The van der Waals surface area contributed by atoms with Crippen molar-refractivity contribution in [3.05, 3.63) is 42.7 Å². The number of nitrogens with one attached hydrogen (secondary N) is 1. The fraction of sp³-hybridized carbons (Fsp3) is 0.467. The number of hydrogen-bond donors (Lipinski definition) is 1. The number of imidazole rings is 1. The fourth-order valence-electron chi connectivity index (χ4n) is 1.85. The zero-order chi connectivity index (χ0) is 14.0. The first-order valence-corrected chi connectivity index (χ1v) is 7.12. The minimum atomic E-state index is 0.688. The fourth-order valence-corrected chi connectivity index (χ4v) is 1.85. The monoisotopic (exact) mass is 274 g/mol. The van der Waals surface area contributed by atoms with Crippen LogP contribution in [-0.4, -0.2) is 27.7 Å². The molecule has 0 aliphatic rings. The topological polar surface area (TPSA) is 52.0 Å². The van der Waals surface area contributed by atoms with Gasteiger partial charge in [0.2, 0.25) is 0 Å². The maximum atomic E-state index is 5.67. The summed E-state index contributed by atoms with van der Waals surface area (Å²) in [4.78, 5) is 8.38. The number of rotatable bonds is 9. The lowest BCUT2D eigenvalue weighted by Crippen LogP contribution is -2.14. The zero-order valence-corrected chi connectivity index (χ0v) is 12.0. The Kier molecular flexibility index (Phi) is 6.05. The highest BCUT2D eigenvalue weighted by molar-refractivity contribution is 5.19. The molecule has 0 aromatic carbocycles. The second kappa shape index (κ2) is 8.32. The third kappa shape index (κ3) is 5.01. The van der Waals surface area contributed by atoms with Gasteiger partial charge < -0.3 is 14.6 Å². The van der Waals surface area contributed by atoms with E-state index in [2.05, 4.69) is 22.2 Å². The summed E-state index contributed by atoms with van der Waals surface area (Å²) in [7, 11) is 0. The molecule has 0 bridgehead atoms. The van der Waals surface area contributed by atoms with E-state index in [0.29, 0.717) is 6.61 Å². The normalized spacial score (nSPS) is 10.7. The molecule has 0 saturated carbocycles. The summed E-state index contributed by atoms with van der Waals surface area (Å²) >= 11 is 0. The molecule has 0 radical (unpaired) electrons. The van der Waals surface area contributed by atoms with Crippen LogP contribution in [0.5, 0.6) is 5.75 Å². The average Bonchev–Trinajstić information content (AvgIpc) is 2.99. The van der Waals surface area contributed by atoms with E-state index in [1.54, 1.807) is 12.4 Å². The number of nitrogens with zero attached hydrogens (tertiary/aromatic N) is 3. The van der Waals surface area contributed by atoms with E-state index in [0.717, 1.165) is 43.9 Å². The lowest BCUT2D eigenvalue weighted by Gasteiger charge is -2.07. The lowest BCUT2D eigenvalue weighted by atomic mass is 10.3. The van der Waals surface area contributed by atoms with E-state index < -0.39 is 0 Å². The van der Waals surface area contributed by atoms with Gasteiger partial charge in [0.1, 0.15) is 5.75 Å². The molecule has 0 atom stereocenters. The van der Waals surface area contributed by atoms with Crippen LogP contribution in [-0.2, 0) is 13.1 Å². The van der Waals surface area contributed by atoms with E-state index in [4.69, 9.17) is 4.74 Å². The molecule has 20 heavy (non-hydrogen) atoms. The summed E-state index contributed by atoms with van der Waals surface area (Å²) in [6.45, 7) is 5.60. The Morgan fingerprint density at radius 3 is 3.00 bits per heavy atom. The van der Waals surface area contributed by atoms with Crippen LogP contribution in [0, 0.1) is 0 Å². The van der Waals surface area contributed by atoms with Crippen LogP contribution in [0.15, 0.2) is 37.1 Å². The molecule has 1 N–H and O–H groups in total. The lowest BCUT2D eigenvalue weighted by molar-refractivity contribution is 0.300. The average molecular weight is 274 g/mol. The molecule has 108 valence electrons. The third-order valence-electron chi connectivity index (χ3n) is 2.92. The van der Waals surface area contributed by atoms with Gasteiger partial charge in [0.25, 0.3) is 0 Å². The highest BCUT2D eigenvalue weighted by atomic mass is 16.5. The molecule has 2 rings (SSSR count). The van der Waals surface area contributed by atoms with Crippen LogP contribution in [0.4, 0.5) is 0 Å². The first-order chi connectivity index (χ1) is 9.88. The summed E-state index contributed by atoms with van der Waals surface area (Å²) < 4.78 is 7.71. The van der Waals surface area contributed by atoms with Crippen LogP contribution < -0.4 is 10.1 Å². The summed E-state index contributed by atoms with van der Waals surface area (Å²) in [6.07, 6.45) is 9.45. The van der Waals surface area contributed by atoms with E-state index in [1.165, 1.54) is 0 Å². The van der Waals surface area contributed by atoms with Crippen LogP contribution in [0.3, 0.4) is 0 Å². The predicted molar refractivity (Wildman–Crippen MR) is 78.6 cm³/mol. The summed E-state index contributed by atoms with van der Waals surface area (Å²) in [5.74, 6) is 0.829. The van der Waals surface area contributed by atoms with Gasteiger partial charge in [-0.25, -0.2) is 4.98 Å². The second-order valence-corrected chi connectivity index (χ2v) is 4.66. The zero-order valence-electron chi connectivity index (χ0n) is 12.0. The summed E-state index contributed by atoms with van der Waals surface area (Å²) in [5.41, 5.74) is 1.05. The number of aryl methyl sites for hydroxylation is 1. The maximum Gasteiger partial charge on any atom is 0.137 e. The Balaban J connectivity index is 1.65. The molecular weight excluding hydrogens is 252 g/mol. The number of pyridine rings is 1. The molecular formula is C15H22N4O. The van der Waals surface area contributed by atoms with Crippen molar-refractivity contribution in [1.82, 2.24) is 19.9 Å². The molecule has 2 aromatic heterocycles. The minimum Gasteiger partial charge on any atom is -0.492 e. The molecule has 0 amide bonds. The van der Waals surface area contributed by atoms with Crippen molar-refractivity contribution in [2.75, 3.05) is 13.2 Å². The van der Waals surface area contributed by atoms with Crippen LogP contribution >= 0.6 is 0 Å². The molecule has 2 aromatic rings. The van der Waals surface area contributed by atoms with Crippen molar-refractivity contribution < 1.29 is 4.74 Å². The Morgan fingerprint density at radius 2 is 2.30 bits per heavy atom. The van der Waals surface area contributed by atoms with Gasteiger partial charge in [0.05, 0.1) is 24.8 Å². The first kappa shape index (κ1) is 14.5. The Hall–Kier alpha value is -1.88. The van der Waals surface area contributed by atoms with Gasteiger partial charge >= 0.3 is 0 Å². The van der Waals surface area contributed by atoms with Gasteiger partial charge in [0.15, 0.2) is 0 Å². The smallest absolute Gasteiger partial charge is 0.137 e. The largest absolute Gasteiger partial charge is 0.492 e. The Labute approximate surface area is 120 Å². The Bertz CT molecular complexity index is 467. The number of hydrogen-bond acceptors (Lipinski definition) is 4. The Morgan fingerprint density at radius 1 is 1.35 bits per heavy atom. The van der Waals surface area contributed by atoms with E-state index in [-0.39, 0.29) is 0 Å². The van der Waals surface area contributed by atoms with Crippen molar-refractivity contribution in [3.63, 3.8) is 0 Å². The molecule has 0 fully saturated rings. The van der Waals surface area contributed by atoms with Crippen molar-refractivity contribution in [2.45, 2.75) is 32.9 Å². The molecule has 2 heterocycles. The first-order valence-electron chi connectivity index (χ1n) is 7.12. The van der Waals surface area contributed by atoms with Gasteiger partial charge in [-0.1, -0.05) is 6.92 Å². The van der Waals surface area contributed by atoms with E-state index >= 15 is 0 Å². The molecule has 0 unspecified atom stereocenters. The van der Waals surface area contributed by atoms with Gasteiger partial charge in [-0.05, 0) is 31.5 Å². The molecule has 0 saturated heterocycles. The van der Waals surface area contributed by atoms with Gasteiger partial charge in [-0.3, -0.25) is 4.98 Å². The molecule has 5 heteroatoms. The molecule has 0 aliphatic heterocycles. The SMILES string of the molecule is CCCNCc1ccc(OCCCn2ccnc2)cn1. The number of aromatic nitrogens is 3. The van der Waals surface area contributed by atoms with Gasteiger partial charge in [0, 0.05) is 25.5 Å². The van der Waals surface area contributed by atoms with Gasteiger partial charge in [-0.15, -0.1) is 0 Å². The summed E-state index contributed by atoms with van der Waals surface area (Å²) in [6, 6.07) is 3.99. The maximum absolute atomic E-state index is 5.67. The standard InChI is InChI=1S/C15H22N4O/c1-2-6-16-11-14-4-5-15(12-18-14)20-10-3-8-19-9-7-17-13-19/h4-5,7,9,12-13,16H,2-3,6,8,10-11H2,1H3.